The van der Waals surface area contributed by atoms with Crippen molar-refractivity contribution in [2.45, 2.75) is 19.4 Å². The van der Waals surface area contributed by atoms with E-state index < -0.39 is 5.82 Å². The molecule has 2 N–H and O–H groups in total. The number of benzene rings is 1. The standard InChI is InChI=1S/C12H18F2N2/c1-16(7-3-2-6-15)9-10-8-11(13)4-5-12(10)14/h4-5,8H,2-3,6-7,9,15H2,1H3. The second-order valence-electron chi connectivity index (χ2n) is 3.97. The lowest BCUT2D eigenvalue weighted by Crippen LogP contribution is -2.20. The van der Waals surface area contributed by atoms with Gasteiger partial charge in [0.1, 0.15) is 11.6 Å². The lowest BCUT2D eigenvalue weighted by Gasteiger charge is -2.16. The van der Waals surface area contributed by atoms with Crippen LogP contribution in [0.3, 0.4) is 0 Å². The van der Waals surface area contributed by atoms with Crippen LogP contribution in [-0.2, 0) is 6.54 Å². The van der Waals surface area contributed by atoms with Gasteiger partial charge in [0, 0.05) is 12.1 Å². The molecule has 1 aromatic rings. The number of halogens is 2. The van der Waals surface area contributed by atoms with Gasteiger partial charge in [-0.3, -0.25) is 0 Å². The molecule has 0 fully saturated rings. The number of unbranched alkanes of at least 4 members (excludes halogenated alkanes) is 1. The van der Waals surface area contributed by atoms with E-state index >= 15 is 0 Å². The Morgan fingerprint density at radius 3 is 2.69 bits per heavy atom. The van der Waals surface area contributed by atoms with Gasteiger partial charge in [-0.05, 0) is 51.2 Å². The molecule has 0 bridgehead atoms. The maximum atomic E-state index is 13.3. The molecule has 0 amide bonds. The topological polar surface area (TPSA) is 29.3 Å². The molecule has 16 heavy (non-hydrogen) atoms. The zero-order valence-corrected chi connectivity index (χ0v) is 9.55. The molecule has 90 valence electrons. The third-order valence-corrected chi connectivity index (χ3v) is 2.44. The molecule has 1 aromatic carbocycles. The Kier molecular flexibility index (Phi) is 5.35. The van der Waals surface area contributed by atoms with E-state index in [0.717, 1.165) is 25.5 Å². The summed E-state index contributed by atoms with van der Waals surface area (Å²) in [6.45, 7) is 1.93. The zero-order chi connectivity index (χ0) is 12.0. The molecule has 2 nitrogen and oxygen atoms in total. The first kappa shape index (κ1) is 13.1. The van der Waals surface area contributed by atoms with Gasteiger partial charge in [-0.25, -0.2) is 8.78 Å². The zero-order valence-electron chi connectivity index (χ0n) is 9.55. The minimum atomic E-state index is -0.397. The molecule has 0 unspecified atom stereocenters. The van der Waals surface area contributed by atoms with Crippen molar-refractivity contribution in [3.05, 3.63) is 35.4 Å². The Bertz CT molecular complexity index is 329. The molecule has 0 aliphatic rings. The highest BCUT2D eigenvalue weighted by atomic mass is 19.1. The summed E-state index contributed by atoms with van der Waals surface area (Å²) in [6, 6.07) is 3.54. The predicted octanol–water partition coefficient (Wildman–Crippen LogP) is 2.14. The molecular weight excluding hydrogens is 210 g/mol. The molecule has 0 spiro atoms. The summed E-state index contributed by atoms with van der Waals surface area (Å²) in [5.41, 5.74) is 5.78. The normalized spacial score (nSPS) is 11.1. The summed E-state index contributed by atoms with van der Waals surface area (Å²) in [6.07, 6.45) is 1.93. The van der Waals surface area contributed by atoms with Crippen LogP contribution in [0.4, 0.5) is 8.78 Å². The van der Waals surface area contributed by atoms with Crippen molar-refractivity contribution in [1.29, 1.82) is 0 Å². The first-order valence-corrected chi connectivity index (χ1v) is 5.46. The van der Waals surface area contributed by atoms with Crippen molar-refractivity contribution in [3.63, 3.8) is 0 Å². The van der Waals surface area contributed by atoms with Gasteiger partial charge in [0.05, 0.1) is 0 Å². The number of nitrogens with zero attached hydrogens (tertiary/aromatic N) is 1. The Morgan fingerprint density at radius 1 is 1.25 bits per heavy atom. The van der Waals surface area contributed by atoms with Crippen molar-refractivity contribution in [2.24, 2.45) is 5.73 Å². The molecule has 4 heteroatoms. The average Bonchev–Trinajstić information content (AvgIpc) is 2.24. The third kappa shape index (κ3) is 4.24. The number of hydrogen-bond donors (Lipinski definition) is 1. The molecule has 0 saturated carbocycles. The Balaban J connectivity index is 2.48. The summed E-state index contributed by atoms with van der Waals surface area (Å²) in [5, 5.41) is 0. The smallest absolute Gasteiger partial charge is 0.127 e. The van der Waals surface area contributed by atoms with Crippen LogP contribution in [0.2, 0.25) is 0 Å². The lowest BCUT2D eigenvalue weighted by molar-refractivity contribution is 0.313. The fraction of sp³-hybridized carbons (Fsp3) is 0.500. The molecule has 0 aliphatic carbocycles. The maximum absolute atomic E-state index is 13.3. The minimum Gasteiger partial charge on any atom is -0.330 e. The molecule has 0 atom stereocenters. The van der Waals surface area contributed by atoms with Crippen molar-refractivity contribution in [1.82, 2.24) is 4.90 Å². The average molecular weight is 228 g/mol. The number of rotatable bonds is 6. The van der Waals surface area contributed by atoms with Crippen LogP contribution in [0.5, 0.6) is 0 Å². The van der Waals surface area contributed by atoms with E-state index in [9.17, 15) is 8.78 Å². The van der Waals surface area contributed by atoms with E-state index in [1.807, 2.05) is 11.9 Å². The monoisotopic (exact) mass is 228 g/mol. The molecule has 0 heterocycles. The highest BCUT2D eigenvalue weighted by molar-refractivity contribution is 5.18. The second kappa shape index (κ2) is 6.55. The Hall–Kier alpha value is -1.00. The summed E-state index contributed by atoms with van der Waals surface area (Å²) in [4.78, 5) is 1.97. The van der Waals surface area contributed by atoms with Crippen LogP contribution in [0.25, 0.3) is 0 Å². The van der Waals surface area contributed by atoms with Crippen LogP contribution in [0.15, 0.2) is 18.2 Å². The maximum Gasteiger partial charge on any atom is 0.127 e. The van der Waals surface area contributed by atoms with Crippen LogP contribution in [-0.4, -0.2) is 25.0 Å². The van der Waals surface area contributed by atoms with Gasteiger partial charge >= 0.3 is 0 Å². The van der Waals surface area contributed by atoms with Crippen molar-refractivity contribution in [3.8, 4) is 0 Å². The molecule has 1 rings (SSSR count). The van der Waals surface area contributed by atoms with Gasteiger partial charge in [-0.1, -0.05) is 0 Å². The summed E-state index contributed by atoms with van der Waals surface area (Å²) in [5.74, 6) is -0.751. The molecule has 0 radical (unpaired) electrons. The summed E-state index contributed by atoms with van der Waals surface area (Å²) < 4.78 is 26.2. The Morgan fingerprint density at radius 2 is 2.00 bits per heavy atom. The fourth-order valence-corrected chi connectivity index (χ4v) is 1.56. The summed E-state index contributed by atoms with van der Waals surface area (Å²) >= 11 is 0. The SMILES string of the molecule is CN(CCCCN)Cc1cc(F)ccc1F. The number of hydrogen-bond acceptors (Lipinski definition) is 2. The molecule has 0 aliphatic heterocycles. The second-order valence-corrected chi connectivity index (χ2v) is 3.97. The van der Waals surface area contributed by atoms with E-state index in [1.165, 1.54) is 12.1 Å². The van der Waals surface area contributed by atoms with Crippen LogP contribution in [0, 0.1) is 11.6 Å². The lowest BCUT2D eigenvalue weighted by atomic mass is 10.2. The van der Waals surface area contributed by atoms with Crippen molar-refractivity contribution >= 4 is 0 Å². The van der Waals surface area contributed by atoms with E-state index in [2.05, 4.69) is 0 Å². The van der Waals surface area contributed by atoms with Crippen molar-refractivity contribution < 1.29 is 8.78 Å². The first-order valence-electron chi connectivity index (χ1n) is 5.46. The van der Waals surface area contributed by atoms with Crippen molar-refractivity contribution in [2.75, 3.05) is 20.1 Å². The van der Waals surface area contributed by atoms with E-state index in [4.69, 9.17) is 5.73 Å². The van der Waals surface area contributed by atoms with Gasteiger partial charge < -0.3 is 10.6 Å². The highest BCUT2D eigenvalue weighted by Gasteiger charge is 2.06. The molecule has 0 aromatic heterocycles. The predicted molar refractivity (Wildman–Crippen MR) is 61.0 cm³/mol. The molecular formula is C12H18F2N2. The summed E-state index contributed by atoms with van der Waals surface area (Å²) in [7, 11) is 1.89. The van der Waals surface area contributed by atoms with Crippen LogP contribution in [0.1, 0.15) is 18.4 Å². The van der Waals surface area contributed by atoms with E-state index in [-0.39, 0.29) is 5.82 Å². The van der Waals surface area contributed by atoms with Gasteiger partial charge in [0.2, 0.25) is 0 Å². The quantitative estimate of drug-likeness (QED) is 0.756. The van der Waals surface area contributed by atoms with E-state index in [0.29, 0.717) is 18.7 Å². The third-order valence-electron chi connectivity index (χ3n) is 2.44. The fourth-order valence-electron chi connectivity index (χ4n) is 1.56. The van der Waals surface area contributed by atoms with Crippen LogP contribution >= 0.6 is 0 Å². The van der Waals surface area contributed by atoms with Crippen LogP contribution < -0.4 is 5.73 Å². The largest absolute Gasteiger partial charge is 0.330 e. The van der Waals surface area contributed by atoms with Gasteiger partial charge in [0.15, 0.2) is 0 Å². The molecule has 0 saturated heterocycles. The van der Waals surface area contributed by atoms with Gasteiger partial charge in [0.25, 0.3) is 0 Å². The van der Waals surface area contributed by atoms with Gasteiger partial charge in [-0.15, -0.1) is 0 Å². The minimum absolute atomic E-state index is 0.355. The first-order chi connectivity index (χ1) is 7.63. The van der Waals surface area contributed by atoms with E-state index in [1.54, 1.807) is 0 Å². The van der Waals surface area contributed by atoms with Gasteiger partial charge in [-0.2, -0.15) is 0 Å². The number of nitrogens with two attached hydrogens (primary N) is 1. The Labute approximate surface area is 95.1 Å². The highest BCUT2D eigenvalue weighted by Crippen LogP contribution is 2.11.